The van der Waals surface area contributed by atoms with E-state index in [1.807, 2.05) is 4.90 Å². The number of nitrogens with zero attached hydrogens (tertiary/aromatic N) is 5. The minimum absolute atomic E-state index is 0.0377. The standard InChI is InChI=1S/C22H27FN6O4S/c23-18-4-1-5-19(15-18)29-16-17(14-20(29)30)21(31)24-8-3-13-34(32,33)28-11-9-27(10-12-28)22-25-6-2-7-26-22/h1-2,4-7,15,17H,3,8-14,16H2,(H,24,31). The van der Waals surface area contributed by atoms with Gasteiger partial charge in [-0.3, -0.25) is 9.59 Å². The molecular formula is C22H27FN6O4S. The highest BCUT2D eigenvalue weighted by atomic mass is 32.2. The van der Waals surface area contributed by atoms with E-state index in [9.17, 15) is 22.4 Å². The molecule has 1 aromatic carbocycles. The van der Waals surface area contributed by atoms with E-state index in [1.165, 1.54) is 27.4 Å². The van der Waals surface area contributed by atoms with Gasteiger partial charge in [0.1, 0.15) is 5.82 Å². The maximum absolute atomic E-state index is 13.5. The molecule has 1 atom stereocenters. The van der Waals surface area contributed by atoms with Crippen LogP contribution < -0.4 is 15.1 Å². The van der Waals surface area contributed by atoms with Gasteiger partial charge in [0.15, 0.2) is 0 Å². The summed E-state index contributed by atoms with van der Waals surface area (Å²) >= 11 is 0. The van der Waals surface area contributed by atoms with E-state index < -0.39 is 21.8 Å². The summed E-state index contributed by atoms with van der Waals surface area (Å²) in [5.41, 5.74) is 0.422. The fourth-order valence-electron chi connectivity index (χ4n) is 4.14. The minimum atomic E-state index is -3.45. The summed E-state index contributed by atoms with van der Waals surface area (Å²) in [6, 6.07) is 7.42. The molecule has 1 aromatic heterocycles. The molecule has 12 heteroatoms. The second-order valence-corrected chi connectivity index (χ2v) is 10.4. The first kappa shape index (κ1) is 24.0. The van der Waals surface area contributed by atoms with Crippen LogP contribution in [0.1, 0.15) is 12.8 Å². The Kier molecular flexibility index (Phi) is 7.37. The molecule has 0 aliphatic carbocycles. The number of carbonyl (C=O) groups excluding carboxylic acids is 2. The highest BCUT2D eigenvalue weighted by Crippen LogP contribution is 2.25. The summed E-state index contributed by atoms with van der Waals surface area (Å²) in [5, 5.41) is 2.73. The lowest BCUT2D eigenvalue weighted by atomic mass is 10.1. The summed E-state index contributed by atoms with van der Waals surface area (Å²) in [6.45, 7) is 2.09. The monoisotopic (exact) mass is 490 g/mol. The number of rotatable bonds is 8. The number of piperazine rings is 1. The van der Waals surface area contributed by atoms with Gasteiger partial charge in [0.05, 0.1) is 11.7 Å². The number of sulfonamides is 1. The molecule has 34 heavy (non-hydrogen) atoms. The van der Waals surface area contributed by atoms with Gasteiger partial charge in [0, 0.05) is 63.8 Å². The third-order valence-corrected chi connectivity index (χ3v) is 7.92. The molecule has 0 saturated carbocycles. The first-order valence-corrected chi connectivity index (χ1v) is 12.8. The summed E-state index contributed by atoms with van der Waals surface area (Å²) < 4.78 is 40.3. The van der Waals surface area contributed by atoms with Crippen molar-refractivity contribution in [2.75, 3.05) is 54.8 Å². The number of halogens is 1. The van der Waals surface area contributed by atoms with E-state index in [-0.39, 0.29) is 43.5 Å². The molecule has 1 unspecified atom stereocenters. The van der Waals surface area contributed by atoms with Gasteiger partial charge >= 0.3 is 0 Å². The number of hydrogen-bond donors (Lipinski definition) is 1. The van der Waals surface area contributed by atoms with Gasteiger partial charge in [0.25, 0.3) is 0 Å². The van der Waals surface area contributed by atoms with Crippen LogP contribution in [0.5, 0.6) is 0 Å². The molecule has 10 nitrogen and oxygen atoms in total. The van der Waals surface area contributed by atoms with Crippen LogP contribution in [0.15, 0.2) is 42.7 Å². The Morgan fingerprint density at radius 2 is 1.85 bits per heavy atom. The molecule has 2 aliphatic heterocycles. The van der Waals surface area contributed by atoms with Crippen LogP contribution >= 0.6 is 0 Å². The van der Waals surface area contributed by atoms with Crippen molar-refractivity contribution >= 4 is 33.5 Å². The van der Waals surface area contributed by atoms with Crippen LogP contribution in [0.25, 0.3) is 0 Å². The van der Waals surface area contributed by atoms with Gasteiger partial charge in [-0.05, 0) is 30.7 Å². The molecule has 0 bridgehead atoms. The summed E-state index contributed by atoms with van der Waals surface area (Å²) in [6.07, 6.45) is 3.61. The number of hydrogen-bond acceptors (Lipinski definition) is 7. The van der Waals surface area contributed by atoms with Crippen molar-refractivity contribution in [3.63, 3.8) is 0 Å². The number of benzene rings is 1. The third-order valence-electron chi connectivity index (χ3n) is 5.96. The quantitative estimate of drug-likeness (QED) is 0.540. The number of amides is 2. The Labute approximate surface area is 197 Å². The molecule has 2 aromatic rings. The Hall–Kier alpha value is -3.12. The fourth-order valence-corrected chi connectivity index (χ4v) is 5.62. The van der Waals surface area contributed by atoms with E-state index in [2.05, 4.69) is 15.3 Å². The molecule has 2 aliphatic rings. The molecule has 0 spiro atoms. The highest BCUT2D eigenvalue weighted by molar-refractivity contribution is 7.89. The summed E-state index contributed by atoms with van der Waals surface area (Å²) in [4.78, 5) is 36.5. The number of carbonyl (C=O) groups is 2. The Morgan fingerprint density at radius 3 is 2.56 bits per heavy atom. The first-order chi connectivity index (χ1) is 16.3. The highest BCUT2D eigenvalue weighted by Gasteiger charge is 2.35. The zero-order chi connectivity index (χ0) is 24.1. The first-order valence-electron chi connectivity index (χ1n) is 11.2. The summed E-state index contributed by atoms with van der Waals surface area (Å²) in [7, 11) is -3.45. The maximum Gasteiger partial charge on any atom is 0.227 e. The van der Waals surface area contributed by atoms with E-state index in [0.717, 1.165) is 0 Å². The van der Waals surface area contributed by atoms with Crippen molar-refractivity contribution in [3.05, 3.63) is 48.5 Å². The van der Waals surface area contributed by atoms with Crippen LogP contribution in [-0.4, -0.2) is 79.5 Å². The van der Waals surface area contributed by atoms with E-state index in [0.29, 0.717) is 37.8 Å². The van der Waals surface area contributed by atoms with E-state index in [4.69, 9.17) is 0 Å². The molecule has 4 rings (SSSR count). The van der Waals surface area contributed by atoms with Gasteiger partial charge in [-0.1, -0.05) is 6.07 Å². The third kappa shape index (κ3) is 5.68. The lowest BCUT2D eigenvalue weighted by Gasteiger charge is -2.33. The van der Waals surface area contributed by atoms with E-state index >= 15 is 0 Å². The van der Waals surface area contributed by atoms with Crippen LogP contribution in [0, 0.1) is 11.7 Å². The molecule has 182 valence electrons. The van der Waals surface area contributed by atoms with Gasteiger partial charge in [-0.25, -0.2) is 22.8 Å². The molecule has 2 fully saturated rings. The van der Waals surface area contributed by atoms with Gasteiger partial charge in [0.2, 0.25) is 27.8 Å². The Bertz CT molecular complexity index is 1130. The Balaban J connectivity index is 1.20. The van der Waals surface area contributed by atoms with Crippen molar-refractivity contribution in [2.45, 2.75) is 12.8 Å². The van der Waals surface area contributed by atoms with Crippen LogP contribution in [-0.2, 0) is 19.6 Å². The van der Waals surface area contributed by atoms with Crippen LogP contribution in [0.2, 0.25) is 0 Å². The predicted octanol–water partition coefficient (Wildman–Crippen LogP) is 0.627. The minimum Gasteiger partial charge on any atom is -0.356 e. The van der Waals surface area contributed by atoms with Crippen molar-refractivity contribution in [3.8, 4) is 0 Å². The summed E-state index contributed by atoms with van der Waals surface area (Å²) in [5.74, 6) is -1.04. The lowest BCUT2D eigenvalue weighted by molar-refractivity contribution is -0.126. The number of anilines is 2. The topological polar surface area (TPSA) is 116 Å². The second kappa shape index (κ2) is 10.4. The Morgan fingerprint density at radius 1 is 1.12 bits per heavy atom. The van der Waals surface area contributed by atoms with Crippen molar-refractivity contribution in [2.24, 2.45) is 5.92 Å². The normalized spacial score (nSPS) is 19.4. The largest absolute Gasteiger partial charge is 0.356 e. The molecule has 0 radical (unpaired) electrons. The molecule has 3 heterocycles. The number of nitrogens with one attached hydrogen (secondary N) is 1. The zero-order valence-corrected chi connectivity index (χ0v) is 19.5. The van der Waals surface area contributed by atoms with Crippen molar-refractivity contribution in [1.29, 1.82) is 0 Å². The maximum atomic E-state index is 13.5. The SMILES string of the molecule is O=C(NCCCS(=O)(=O)N1CCN(c2ncccn2)CC1)C1CC(=O)N(c2cccc(F)c2)C1. The average molecular weight is 491 g/mol. The molecule has 2 saturated heterocycles. The van der Waals surface area contributed by atoms with Gasteiger partial charge < -0.3 is 15.1 Å². The molecular weight excluding hydrogens is 463 g/mol. The van der Waals surface area contributed by atoms with Crippen molar-refractivity contribution < 1.29 is 22.4 Å². The molecule has 1 N–H and O–H groups in total. The predicted molar refractivity (Wildman–Crippen MR) is 124 cm³/mol. The smallest absolute Gasteiger partial charge is 0.227 e. The lowest BCUT2D eigenvalue weighted by Crippen LogP contribution is -2.50. The average Bonchev–Trinajstić information content (AvgIpc) is 3.24. The van der Waals surface area contributed by atoms with Gasteiger partial charge in [-0.2, -0.15) is 4.31 Å². The van der Waals surface area contributed by atoms with Crippen LogP contribution in [0.4, 0.5) is 16.0 Å². The zero-order valence-electron chi connectivity index (χ0n) is 18.6. The van der Waals surface area contributed by atoms with Crippen LogP contribution in [0.3, 0.4) is 0 Å². The molecule has 2 amide bonds. The fraction of sp³-hybridized carbons (Fsp3) is 0.455. The van der Waals surface area contributed by atoms with E-state index in [1.54, 1.807) is 24.5 Å². The second-order valence-electron chi connectivity index (χ2n) is 8.28. The van der Waals surface area contributed by atoms with Crippen molar-refractivity contribution in [1.82, 2.24) is 19.6 Å². The van der Waals surface area contributed by atoms with Gasteiger partial charge in [-0.15, -0.1) is 0 Å². The number of aromatic nitrogens is 2.